The normalized spacial score (nSPS) is 11.3. The molecule has 0 amide bonds. The van der Waals surface area contributed by atoms with Crippen molar-refractivity contribution in [2.75, 3.05) is 7.11 Å². The fourth-order valence-corrected chi connectivity index (χ4v) is 5.23. The number of fused-ring (bicyclic) bond motifs is 2. The summed E-state index contributed by atoms with van der Waals surface area (Å²) in [5.41, 5.74) is 1.78. The number of aryl methyl sites for hydroxylation is 1. The fraction of sp³-hybridized carbons (Fsp3) is 0.0952. The van der Waals surface area contributed by atoms with Crippen molar-refractivity contribution in [2.45, 2.75) is 16.8 Å². The van der Waals surface area contributed by atoms with Crippen LogP contribution in [0.2, 0.25) is 0 Å². The van der Waals surface area contributed by atoms with Crippen LogP contribution in [-0.2, 0) is 0 Å². The van der Waals surface area contributed by atoms with Crippen LogP contribution in [0.1, 0.15) is 5.56 Å². The monoisotopic (exact) mass is 466 g/mol. The molecule has 1 aromatic carbocycles. The molecule has 0 atom stereocenters. The Morgan fingerprint density at radius 3 is 2.81 bits per heavy atom. The van der Waals surface area contributed by atoms with Gasteiger partial charge < -0.3 is 9.15 Å². The van der Waals surface area contributed by atoms with Crippen molar-refractivity contribution in [3.05, 3.63) is 69.4 Å². The SMILES string of the molecule is COc1ccnc2c(=O)n(-c3nc4ccc(Sc5ccccc5C)nc4s3)c(=S)oc12. The van der Waals surface area contributed by atoms with E-state index in [4.69, 9.17) is 26.4 Å². The summed E-state index contributed by atoms with van der Waals surface area (Å²) in [7, 11) is 1.49. The minimum Gasteiger partial charge on any atom is -0.493 e. The van der Waals surface area contributed by atoms with Gasteiger partial charge in [0, 0.05) is 17.2 Å². The number of benzene rings is 1. The molecule has 0 saturated carbocycles. The number of aromatic nitrogens is 4. The van der Waals surface area contributed by atoms with E-state index in [0.717, 1.165) is 9.92 Å². The maximum absolute atomic E-state index is 13.1. The van der Waals surface area contributed by atoms with Crippen LogP contribution in [0.25, 0.3) is 26.6 Å². The molecule has 4 aromatic heterocycles. The molecule has 7 nitrogen and oxygen atoms in total. The number of hydrogen-bond acceptors (Lipinski definition) is 9. The molecule has 0 unspecified atom stereocenters. The highest BCUT2D eigenvalue weighted by Crippen LogP contribution is 2.32. The fourth-order valence-electron chi connectivity index (χ4n) is 3.05. The van der Waals surface area contributed by atoms with Crippen molar-refractivity contribution in [3.8, 4) is 10.9 Å². The number of nitrogens with zero attached hydrogens (tertiary/aromatic N) is 4. The van der Waals surface area contributed by atoms with E-state index in [1.54, 1.807) is 17.8 Å². The Hall–Kier alpha value is -3.08. The first-order chi connectivity index (χ1) is 15.0. The molecule has 0 fully saturated rings. The standard InChI is InChI=1S/C21H14N4O3S3/c1-11-5-3-4-6-14(11)30-15-8-7-12-18(24-15)31-20(23-12)25-19(26)16-17(28-21(25)29)13(27-2)9-10-22-16/h3-10H,1-2H3. The smallest absolute Gasteiger partial charge is 0.290 e. The summed E-state index contributed by atoms with van der Waals surface area (Å²) in [6.45, 7) is 2.06. The lowest BCUT2D eigenvalue weighted by Gasteiger charge is -2.05. The zero-order chi connectivity index (χ0) is 21.5. The Morgan fingerprint density at radius 1 is 1.16 bits per heavy atom. The van der Waals surface area contributed by atoms with Crippen LogP contribution < -0.4 is 10.3 Å². The molecular weight excluding hydrogens is 452 g/mol. The molecule has 0 aliphatic carbocycles. The van der Waals surface area contributed by atoms with Crippen molar-refractivity contribution in [3.63, 3.8) is 0 Å². The van der Waals surface area contributed by atoms with E-state index in [9.17, 15) is 4.79 Å². The minimum atomic E-state index is -0.418. The van der Waals surface area contributed by atoms with Crippen LogP contribution in [0.15, 0.2) is 67.8 Å². The first kappa shape index (κ1) is 19.9. The van der Waals surface area contributed by atoms with E-state index >= 15 is 0 Å². The molecule has 0 saturated heterocycles. The van der Waals surface area contributed by atoms with Crippen molar-refractivity contribution in [2.24, 2.45) is 0 Å². The van der Waals surface area contributed by atoms with Gasteiger partial charge in [0.05, 0.1) is 7.11 Å². The van der Waals surface area contributed by atoms with E-state index in [1.807, 2.05) is 24.3 Å². The van der Waals surface area contributed by atoms with Crippen molar-refractivity contribution < 1.29 is 9.15 Å². The van der Waals surface area contributed by atoms with E-state index in [2.05, 4.69) is 29.0 Å². The van der Waals surface area contributed by atoms with Crippen molar-refractivity contribution in [1.29, 1.82) is 0 Å². The van der Waals surface area contributed by atoms with Gasteiger partial charge in [0.25, 0.3) is 10.4 Å². The molecule has 0 spiro atoms. The summed E-state index contributed by atoms with van der Waals surface area (Å²) < 4.78 is 12.2. The molecule has 5 aromatic rings. The zero-order valence-corrected chi connectivity index (χ0v) is 18.8. The highest BCUT2D eigenvalue weighted by atomic mass is 32.2. The third kappa shape index (κ3) is 3.52. The number of pyridine rings is 2. The molecule has 4 heterocycles. The quantitative estimate of drug-likeness (QED) is 0.335. The maximum atomic E-state index is 13.1. The number of rotatable bonds is 4. The average molecular weight is 467 g/mol. The van der Waals surface area contributed by atoms with Crippen LogP contribution >= 0.6 is 35.3 Å². The van der Waals surface area contributed by atoms with Crippen molar-refractivity contribution >= 4 is 56.8 Å². The van der Waals surface area contributed by atoms with Crippen LogP contribution in [0.3, 0.4) is 0 Å². The number of thiazole rings is 1. The summed E-state index contributed by atoms with van der Waals surface area (Å²) >= 11 is 8.19. The number of ether oxygens (including phenoxy) is 1. The van der Waals surface area contributed by atoms with Gasteiger partial charge in [-0.2, -0.15) is 0 Å². The maximum Gasteiger partial charge on any atom is 0.290 e. The molecule has 154 valence electrons. The molecule has 10 heteroatoms. The average Bonchev–Trinajstić information content (AvgIpc) is 3.18. The second kappa shape index (κ2) is 7.88. The Morgan fingerprint density at radius 2 is 2.00 bits per heavy atom. The molecule has 0 aliphatic heterocycles. The van der Waals surface area contributed by atoms with Crippen LogP contribution in [0, 0.1) is 11.8 Å². The molecular formula is C21H14N4O3S3. The minimum absolute atomic E-state index is 0.0302. The van der Waals surface area contributed by atoms with E-state index in [-0.39, 0.29) is 15.9 Å². The van der Waals surface area contributed by atoms with Crippen molar-refractivity contribution in [1.82, 2.24) is 19.5 Å². The van der Waals surface area contributed by atoms with Gasteiger partial charge in [-0.15, -0.1) is 0 Å². The number of methoxy groups -OCH3 is 1. The lowest BCUT2D eigenvalue weighted by atomic mass is 10.2. The lowest BCUT2D eigenvalue weighted by Crippen LogP contribution is -2.20. The predicted octanol–water partition coefficient (Wildman–Crippen LogP) is 5.18. The first-order valence-electron chi connectivity index (χ1n) is 9.15. The lowest BCUT2D eigenvalue weighted by molar-refractivity contribution is 0.404. The summed E-state index contributed by atoms with van der Waals surface area (Å²) in [6.07, 6.45) is 1.49. The van der Waals surface area contributed by atoms with Gasteiger partial charge in [-0.05, 0) is 42.9 Å². The second-order valence-corrected chi connectivity index (χ2v) is 8.90. The molecule has 0 bridgehead atoms. The highest BCUT2D eigenvalue weighted by Gasteiger charge is 2.17. The summed E-state index contributed by atoms with van der Waals surface area (Å²) in [5.74, 6) is 0.393. The van der Waals surface area contributed by atoms with E-state index < -0.39 is 5.56 Å². The largest absolute Gasteiger partial charge is 0.493 e. The van der Waals surface area contributed by atoms with Crippen LogP contribution in [0.4, 0.5) is 0 Å². The molecule has 5 rings (SSSR count). The Bertz CT molecular complexity index is 1570. The summed E-state index contributed by atoms with van der Waals surface area (Å²) in [5, 5.41) is 1.23. The van der Waals surface area contributed by atoms with Gasteiger partial charge in [-0.3, -0.25) is 4.79 Å². The van der Waals surface area contributed by atoms with Gasteiger partial charge in [0.2, 0.25) is 10.7 Å². The summed E-state index contributed by atoms with van der Waals surface area (Å²) in [4.78, 5) is 28.3. The second-order valence-electron chi connectivity index (χ2n) is 6.54. The Labute approximate surface area is 189 Å². The Balaban J connectivity index is 1.61. The highest BCUT2D eigenvalue weighted by molar-refractivity contribution is 7.99. The topological polar surface area (TPSA) is 83.0 Å². The molecule has 0 N–H and O–H groups in total. The molecule has 0 aliphatic rings. The van der Waals surface area contributed by atoms with Gasteiger partial charge >= 0.3 is 0 Å². The van der Waals surface area contributed by atoms with Gasteiger partial charge in [0.1, 0.15) is 15.4 Å². The van der Waals surface area contributed by atoms with E-state index in [1.165, 1.54) is 34.8 Å². The summed E-state index contributed by atoms with van der Waals surface area (Å²) in [6, 6.07) is 13.5. The molecule has 0 radical (unpaired) electrons. The van der Waals surface area contributed by atoms with Crippen LogP contribution in [0.5, 0.6) is 5.75 Å². The predicted molar refractivity (Wildman–Crippen MR) is 123 cm³/mol. The van der Waals surface area contributed by atoms with E-state index in [0.29, 0.717) is 21.2 Å². The third-order valence-corrected chi connectivity index (χ3v) is 6.91. The third-order valence-electron chi connectivity index (χ3n) is 4.58. The zero-order valence-electron chi connectivity index (χ0n) is 16.4. The van der Waals surface area contributed by atoms with Gasteiger partial charge in [-0.25, -0.2) is 19.5 Å². The Kier molecular flexibility index (Phi) is 5.05. The number of hydrogen-bond donors (Lipinski definition) is 0. The van der Waals surface area contributed by atoms with Gasteiger partial charge in [0.15, 0.2) is 11.3 Å². The molecule has 31 heavy (non-hydrogen) atoms. The first-order valence-corrected chi connectivity index (χ1v) is 11.2. The van der Waals surface area contributed by atoms with Crippen LogP contribution in [-0.4, -0.2) is 26.6 Å². The van der Waals surface area contributed by atoms with Gasteiger partial charge in [-0.1, -0.05) is 41.3 Å².